The number of hydrogen-bond acceptors (Lipinski definition) is 2. The van der Waals surface area contributed by atoms with Crippen LogP contribution >= 0.6 is 0 Å². The molecule has 2 nitrogen and oxygen atoms in total. The first-order chi connectivity index (χ1) is 10.4. The van der Waals surface area contributed by atoms with E-state index in [9.17, 15) is 18.0 Å². The van der Waals surface area contributed by atoms with Gasteiger partial charge in [0.25, 0.3) is 0 Å². The van der Waals surface area contributed by atoms with Crippen molar-refractivity contribution in [2.24, 2.45) is 0 Å². The van der Waals surface area contributed by atoms with Gasteiger partial charge in [-0.2, -0.15) is 18.4 Å². The van der Waals surface area contributed by atoms with Gasteiger partial charge in [-0.15, -0.1) is 0 Å². The van der Waals surface area contributed by atoms with E-state index in [-0.39, 0.29) is 5.78 Å². The van der Waals surface area contributed by atoms with E-state index in [1.165, 1.54) is 48.6 Å². The highest BCUT2D eigenvalue weighted by molar-refractivity contribution is 6.06. The number of allylic oxidation sites excluding steroid dienone is 1. The minimum Gasteiger partial charge on any atom is -0.289 e. The van der Waals surface area contributed by atoms with Gasteiger partial charge in [0, 0.05) is 5.56 Å². The van der Waals surface area contributed by atoms with Crippen LogP contribution in [0.5, 0.6) is 0 Å². The van der Waals surface area contributed by atoms with E-state index in [0.717, 1.165) is 12.1 Å². The van der Waals surface area contributed by atoms with E-state index in [1.807, 2.05) is 6.07 Å². The van der Waals surface area contributed by atoms with Crippen molar-refractivity contribution >= 4 is 11.9 Å². The summed E-state index contributed by atoms with van der Waals surface area (Å²) >= 11 is 0. The molecule has 0 aliphatic carbocycles. The van der Waals surface area contributed by atoms with Crippen molar-refractivity contribution in [2.45, 2.75) is 6.18 Å². The zero-order valence-electron chi connectivity index (χ0n) is 11.3. The zero-order chi connectivity index (χ0) is 16.2. The Bertz CT molecular complexity index is 735. The first kappa shape index (κ1) is 15.5. The minimum absolute atomic E-state index is 0.288. The Hall–Kier alpha value is -2.87. The number of nitriles is 1. The normalized spacial score (nSPS) is 11.4. The summed E-state index contributed by atoms with van der Waals surface area (Å²) in [5, 5.41) is 8.67. The van der Waals surface area contributed by atoms with Gasteiger partial charge in [0.2, 0.25) is 0 Å². The van der Waals surface area contributed by atoms with Crippen molar-refractivity contribution in [3.63, 3.8) is 0 Å². The second-order valence-electron chi connectivity index (χ2n) is 4.51. The highest BCUT2D eigenvalue weighted by Gasteiger charge is 2.29. The monoisotopic (exact) mass is 301 g/mol. The third-order valence-electron chi connectivity index (χ3n) is 2.96. The van der Waals surface area contributed by atoms with Crippen molar-refractivity contribution in [3.8, 4) is 6.07 Å². The maximum Gasteiger partial charge on any atom is 0.416 e. The molecular formula is C17H10F3NO. The average Bonchev–Trinajstić information content (AvgIpc) is 2.52. The number of alkyl halides is 3. The van der Waals surface area contributed by atoms with Crippen molar-refractivity contribution in [1.29, 1.82) is 5.26 Å². The van der Waals surface area contributed by atoms with Gasteiger partial charge in [0.1, 0.15) is 0 Å². The lowest BCUT2D eigenvalue weighted by Gasteiger charge is -2.05. The Balaban J connectivity index is 2.10. The molecule has 0 N–H and O–H groups in total. The van der Waals surface area contributed by atoms with Gasteiger partial charge >= 0.3 is 6.18 Å². The van der Waals surface area contributed by atoms with Crippen LogP contribution in [0, 0.1) is 11.3 Å². The minimum atomic E-state index is -4.37. The van der Waals surface area contributed by atoms with Crippen LogP contribution < -0.4 is 0 Å². The molecular weight excluding hydrogens is 291 g/mol. The Kier molecular flexibility index (Phi) is 4.42. The molecule has 0 spiro atoms. The van der Waals surface area contributed by atoms with Crippen LogP contribution in [0.25, 0.3) is 6.08 Å². The molecule has 0 fully saturated rings. The maximum atomic E-state index is 12.4. The predicted octanol–water partition coefficient (Wildman–Crippen LogP) is 4.47. The SMILES string of the molecule is N#Cc1ccc(C(=O)/C=C/c2ccc(C(F)(F)F)cc2)cc1. The number of halogens is 3. The molecule has 0 radical (unpaired) electrons. The summed E-state index contributed by atoms with van der Waals surface area (Å²) < 4.78 is 37.3. The number of carbonyl (C=O) groups excluding carboxylic acids is 1. The largest absolute Gasteiger partial charge is 0.416 e. The van der Waals surface area contributed by atoms with E-state index in [0.29, 0.717) is 16.7 Å². The first-order valence-corrected chi connectivity index (χ1v) is 6.30. The van der Waals surface area contributed by atoms with Gasteiger partial charge in [-0.05, 0) is 48.0 Å². The molecule has 110 valence electrons. The van der Waals surface area contributed by atoms with Gasteiger partial charge < -0.3 is 0 Å². The fourth-order valence-electron chi connectivity index (χ4n) is 1.76. The number of rotatable bonds is 3. The summed E-state index contributed by atoms with van der Waals surface area (Å²) in [5.74, 6) is -0.288. The molecule has 0 saturated heterocycles. The molecule has 5 heteroatoms. The van der Waals surface area contributed by atoms with Gasteiger partial charge in [0.05, 0.1) is 17.2 Å². The third-order valence-corrected chi connectivity index (χ3v) is 2.96. The van der Waals surface area contributed by atoms with Crippen LogP contribution in [0.2, 0.25) is 0 Å². The Morgan fingerprint density at radius 3 is 2.09 bits per heavy atom. The Morgan fingerprint density at radius 2 is 1.59 bits per heavy atom. The summed E-state index contributed by atoms with van der Waals surface area (Å²) in [4.78, 5) is 11.9. The highest BCUT2D eigenvalue weighted by Crippen LogP contribution is 2.29. The number of nitrogens with zero attached hydrogens (tertiary/aromatic N) is 1. The topological polar surface area (TPSA) is 40.9 Å². The van der Waals surface area contributed by atoms with Gasteiger partial charge in [-0.1, -0.05) is 18.2 Å². The van der Waals surface area contributed by atoms with Gasteiger partial charge in [-0.25, -0.2) is 0 Å². The van der Waals surface area contributed by atoms with E-state index in [2.05, 4.69) is 0 Å². The molecule has 2 aromatic rings. The molecule has 2 aromatic carbocycles. The van der Waals surface area contributed by atoms with Crippen LogP contribution in [-0.2, 0) is 6.18 Å². The average molecular weight is 301 g/mol. The number of benzene rings is 2. The Morgan fingerprint density at radius 1 is 1.00 bits per heavy atom. The smallest absolute Gasteiger partial charge is 0.289 e. The molecule has 2 rings (SSSR count). The molecule has 0 aliphatic rings. The van der Waals surface area contributed by atoms with Crippen molar-refractivity contribution < 1.29 is 18.0 Å². The number of ketones is 1. The standard InChI is InChI=1S/C17H10F3NO/c18-17(19,20)15-8-3-12(4-9-15)5-10-16(22)14-6-1-13(11-21)2-7-14/h1-10H/b10-5+. The summed E-state index contributed by atoms with van der Waals surface area (Å²) in [7, 11) is 0. The second kappa shape index (κ2) is 6.27. The van der Waals surface area contributed by atoms with Crippen LogP contribution in [0.3, 0.4) is 0 Å². The molecule has 0 bridgehead atoms. The number of carbonyl (C=O) groups is 1. The first-order valence-electron chi connectivity index (χ1n) is 6.30. The molecule has 0 saturated carbocycles. The van der Waals surface area contributed by atoms with Gasteiger partial charge in [-0.3, -0.25) is 4.79 Å². The van der Waals surface area contributed by atoms with Crippen LogP contribution in [0.1, 0.15) is 27.0 Å². The van der Waals surface area contributed by atoms with Crippen LogP contribution in [-0.4, -0.2) is 5.78 Å². The summed E-state index contributed by atoms with van der Waals surface area (Å²) in [6, 6.07) is 12.6. The quantitative estimate of drug-likeness (QED) is 0.620. The summed E-state index contributed by atoms with van der Waals surface area (Å²) in [6.45, 7) is 0. The summed E-state index contributed by atoms with van der Waals surface area (Å²) in [6.07, 6.45) is -1.65. The van der Waals surface area contributed by atoms with Crippen LogP contribution in [0.15, 0.2) is 54.6 Å². The summed E-state index contributed by atoms with van der Waals surface area (Å²) in [5.41, 5.74) is 0.614. The lowest BCUT2D eigenvalue weighted by molar-refractivity contribution is -0.137. The zero-order valence-corrected chi connectivity index (χ0v) is 11.3. The van der Waals surface area contributed by atoms with Crippen molar-refractivity contribution in [2.75, 3.05) is 0 Å². The van der Waals surface area contributed by atoms with E-state index >= 15 is 0 Å². The lowest BCUT2D eigenvalue weighted by Crippen LogP contribution is -2.04. The van der Waals surface area contributed by atoms with Crippen LogP contribution in [0.4, 0.5) is 13.2 Å². The molecule has 0 atom stereocenters. The molecule has 0 aromatic heterocycles. The fourth-order valence-corrected chi connectivity index (χ4v) is 1.76. The lowest BCUT2D eigenvalue weighted by atomic mass is 10.1. The number of hydrogen-bond donors (Lipinski definition) is 0. The third kappa shape index (κ3) is 3.83. The van der Waals surface area contributed by atoms with Crippen molar-refractivity contribution in [1.82, 2.24) is 0 Å². The second-order valence-corrected chi connectivity index (χ2v) is 4.51. The van der Waals surface area contributed by atoms with E-state index < -0.39 is 11.7 Å². The molecule has 0 unspecified atom stereocenters. The highest BCUT2D eigenvalue weighted by atomic mass is 19.4. The molecule has 0 aliphatic heterocycles. The molecule has 0 heterocycles. The van der Waals surface area contributed by atoms with Crippen molar-refractivity contribution in [3.05, 3.63) is 76.9 Å². The maximum absolute atomic E-state index is 12.4. The molecule has 0 amide bonds. The van der Waals surface area contributed by atoms with E-state index in [1.54, 1.807) is 0 Å². The molecule has 22 heavy (non-hydrogen) atoms. The van der Waals surface area contributed by atoms with Gasteiger partial charge in [0.15, 0.2) is 5.78 Å². The fraction of sp³-hybridized carbons (Fsp3) is 0.0588. The predicted molar refractivity (Wildman–Crippen MR) is 76.0 cm³/mol. The Labute approximate surface area is 125 Å². The van der Waals surface area contributed by atoms with E-state index in [4.69, 9.17) is 5.26 Å².